The molecule has 0 saturated carbocycles. The number of fused-ring (bicyclic) bond motifs is 2. The van der Waals surface area contributed by atoms with E-state index in [4.69, 9.17) is 16.9 Å². The number of hydrogen-bond acceptors (Lipinski definition) is 5. The van der Waals surface area contributed by atoms with Gasteiger partial charge in [-0.3, -0.25) is 10.2 Å². The van der Waals surface area contributed by atoms with Crippen molar-refractivity contribution in [2.24, 2.45) is 17.4 Å². The van der Waals surface area contributed by atoms with Gasteiger partial charge in [-0.05, 0) is 66.8 Å². The standard InChI is InChI=1S/C27H29N5O3S/c28-12-9-18-10-13-31(14-11-18)27(33)25-16-21-5-6-22(26(29)30)17-24(21)32(25)36(34,35)23-8-7-19-3-1-2-4-20(19)15-23/h1-8,15-18H,9-14,28H2,(H3,29,30). The summed E-state index contributed by atoms with van der Waals surface area (Å²) in [6, 6.07) is 19.0. The van der Waals surface area contributed by atoms with E-state index in [1.165, 1.54) is 0 Å². The molecule has 186 valence electrons. The van der Waals surface area contributed by atoms with E-state index in [9.17, 15) is 13.2 Å². The zero-order valence-corrected chi connectivity index (χ0v) is 20.7. The molecule has 2 heterocycles. The first-order valence-electron chi connectivity index (χ1n) is 12.0. The van der Waals surface area contributed by atoms with Crippen LogP contribution in [0.3, 0.4) is 0 Å². The summed E-state index contributed by atoms with van der Waals surface area (Å²) in [6.07, 6.45) is 2.61. The van der Waals surface area contributed by atoms with E-state index in [1.54, 1.807) is 47.4 Å². The van der Waals surface area contributed by atoms with Crippen molar-refractivity contribution >= 4 is 43.4 Å². The maximum atomic E-state index is 14.1. The first kappa shape index (κ1) is 24.0. The second-order valence-corrected chi connectivity index (χ2v) is 11.1. The lowest BCUT2D eigenvalue weighted by Gasteiger charge is -2.32. The number of hydrogen-bond donors (Lipinski definition) is 3. The molecule has 1 aliphatic heterocycles. The van der Waals surface area contributed by atoms with E-state index in [0.717, 1.165) is 34.0 Å². The highest BCUT2D eigenvalue weighted by atomic mass is 32.2. The van der Waals surface area contributed by atoms with Gasteiger partial charge in [0.1, 0.15) is 11.5 Å². The van der Waals surface area contributed by atoms with Crippen LogP contribution in [0, 0.1) is 11.3 Å². The SMILES string of the molecule is N=C(N)c1ccc2cc(C(=O)N3CCC(CCN)CC3)n(S(=O)(=O)c3ccc4ccccc4c3)c2c1. The van der Waals surface area contributed by atoms with Crippen molar-refractivity contribution in [3.63, 3.8) is 0 Å². The molecule has 4 aromatic rings. The Balaban J connectivity index is 1.65. The van der Waals surface area contributed by atoms with Gasteiger partial charge in [-0.1, -0.05) is 42.5 Å². The monoisotopic (exact) mass is 503 g/mol. The number of piperidine rings is 1. The lowest BCUT2D eigenvalue weighted by molar-refractivity contribution is 0.0681. The molecule has 1 aliphatic rings. The largest absolute Gasteiger partial charge is 0.384 e. The van der Waals surface area contributed by atoms with Crippen molar-refractivity contribution in [2.75, 3.05) is 19.6 Å². The van der Waals surface area contributed by atoms with Gasteiger partial charge in [0.15, 0.2) is 0 Å². The Kier molecular flexibility index (Phi) is 6.27. The maximum absolute atomic E-state index is 14.1. The van der Waals surface area contributed by atoms with Crippen LogP contribution in [0.4, 0.5) is 0 Å². The van der Waals surface area contributed by atoms with E-state index >= 15 is 0 Å². The van der Waals surface area contributed by atoms with Crippen molar-refractivity contribution < 1.29 is 13.2 Å². The predicted molar refractivity (Wildman–Crippen MR) is 142 cm³/mol. The average molecular weight is 504 g/mol. The number of likely N-dealkylation sites (tertiary alicyclic amines) is 1. The number of benzene rings is 3. The lowest BCUT2D eigenvalue weighted by atomic mass is 9.93. The second kappa shape index (κ2) is 9.40. The Morgan fingerprint density at radius 2 is 1.64 bits per heavy atom. The molecule has 0 spiro atoms. The van der Waals surface area contributed by atoms with Gasteiger partial charge in [0.05, 0.1) is 10.4 Å². The number of carbonyl (C=O) groups excluding carboxylic acids is 1. The molecule has 0 atom stereocenters. The number of amides is 1. The van der Waals surface area contributed by atoms with Crippen molar-refractivity contribution in [2.45, 2.75) is 24.2 Å². The molecule has 9 heteroatoms. The molecule has 5 N–H and O–H groups in total. The molecule has 1 aromatic heterocycles. The van der Waals surface area contributed by atoms with E-state index in [-0.39, 0.29) is 22.3 Å². The van der Waals surface area contributed by atoms with Crippen molar-refractivity contribution in [1.82, 2.24) is 8.87 Å². The van der Waals surface area contributed by atoms with Crippen molar-refractivity contribution in [1.29, 1.82) is 5.41 Å². The fourth-order valence-electron chi connectivity index (χ4n) is 5.01. The molecular formula is C27H29N5O3S. The van der Waals surface area contributed by atoms with Crippen LogP contribution in [0.25, 0.3) is 21.7 Å². The lowest BCUT2D eigenvalue weighted by Crippen LogP contribution is -2.40. The van der Waals surface area contributed by atoms with Gasteiger partial charge in [0.2, 0.25) is 0 Å². The highest BCUT2D eigenvalue weighted by Crippen LogP contribution is 2.30. The molecule has 0 unspecified atom stereocenters. The number of carbonyl (C=O) groups is 1. The van der Waals surface area contributed by atoms with Crippen LogP contribution in [0.1, 0.15) is 35.3 Å². The number of aromatic nitrogens is 1. The van der Waals surface area contributed by atoms with Crippen LogP contribution in [-0.4, -0.2) is 48.7 Å². The fourth-order valence-corrected chi connectivity index (χ4v) is 6.54. The normalized spacial score (nSPS) is 15.0. The Morgan fingerprint density at radius 3 is 2.33 bits per heavy atom. The topological polar surface area (TPSA) is 135 Å². The molecule has 36 heavy (non-hydrogen) atoms. The number of nitrogens with zero attached hydrogens (tertiary/aromatic N) is 2. The molecule has 0 aliphatic carbocycles. The second-order valence-electron chi connectivity index (χ2n) is 9.31. The molecule has 1 amide bonds. The van der Waals surface area contributed by atoms with Crippen LogP contribution in [0.5, 0.6) is 0 Å². The Labute approximate surface area is 210 Å². The number of nitrogen functional groups attached to an aromatic ring is 1. The maximum Gasteiger partial charge on any atom is 0.271 e. The number of nitrogens with two attached hydrogens (primary N) is 2. The summed E-state index contributed by atoms with van der Waals surface area (Å²) in [5, 5.41) is 10.1. The van der Waals surface area contributed by atoms with Gasteiger partial charge in [-0.2, -0.15) is 0 Å². The van der Waals surface area contributed by atoms with Crippen molar-refractivity contribution in [3.8, 4) is 0 Å². The molecular weight excluding hydrogens is 474 g/mol. The summed E-state index contributed by atoms with van der Waals surface area (Å²) < 4.78 is 29.3. The van der Waals surface area contributed by atoms with Crippen LogP contribution in [0.2, 0.25) is 0 Å². The Morgan fingerprint density at radius 1 is 0.944 bits per heavy atom. The Hall–Kier alpha value is -3.69. The van der Waals surface area contributed by atoms with E-state index in [0.29, 0.717) is 42.0 Å². The minimum Gasteiger partial charge on any atom is -0.384 e. The van der Waals surface area contributed by atoms with Crippen LogP contribution in [-0.2, 0) is 10.0 Å². The third kappa shape index (κ3) is 4.25. The summed E-state index contributed by atoms with van der Waals surface area (Å²) in [5.74, 6) is -0.0295. The van der Waals surface area contributed by atoms with Gasteiger partial charge in [-0.15, -0.1) is 0 Å². The molecule has 5 rings (SSSR count). The zero-order chi connectivity index (χ0) is 25.4. The Bertz CT molecular complexity index is 1580. The molecule has 1 saturated heterocycles. The molecule has 0 radical (unpaired) electrons. The van der Waals surface area contributed by atoms with Crippen LogP contribution in [0.15, 0.2) is 71.6 Å². The fraction of sp³-hybridized carbons (Fsp3) is 0.259. The van der Waals surface area contributed by atoms with Gasteiger partial charge in [0, 0.05) is 24.0 Å². The van der Waals surface area contributed by atoms with Crippen molar-refractivity contribution in [3.05, 3.63) is 78.0 Å². The summed E-state index contributed by atoms with van der Waals surface area (Å²) in [4.78, 5) is 15.5. The van der Waals surface area contributed by atoms with Gasteiger partial charge in [-0.25, -0.2) is 12.4 Å². The summed E-state index contributed by atoms with van der Waals surface area (Å²) in [6.45, 7) is 1.73. The molecule has 8 nitrogen and oxygen atoms in total. The quantitative estimate of drug-likeness (QED) is 0.273. The van der Waals surface area contributed by atoms with Crippen LogP contribution >= 0.6 is 0 Å². The first-order chi connectivity index (χ1) is 17.3. The highest BCUT2D eigenvalue weighted by Gasteiger charge is 2.31. The molecule has 3 aromatic carbocycles. The minimum absolute atomic E-state index is 0.0798. The van der Waals surface area contributed by atoms with Gasteiger partial charge in [0.25, 0.3) is 15.9 Å². The third-order valence-electron chi connectivity index (χ3n) is 7.03. The summed E-state index contributed by atoms with van der Waals surface area (Å²) >= 11 is 0. The smallest absolute Gasteiger partial charge is 0.271 e. The van der Waals surface area contributed by atoms with E-state index < -0.39 is 10.0 Å². The molecule has 1 fully saturated rings. The van der Waals surface area contributed by atoms with Crippen LogP contribution < -0.4 is 11.5 Å². The average Bonchev–Trinajstić information content (AvgIpc) is 3.28. The summed E-state index contributed by atoms with van der Waals surface area (Å²) in [5.41, 5.74) is 12.2. The number of amidine groups is 1. The highest BCUT2D eigenvalue weighted by molar-refractivity contribution is 7.90. The minimum atomic E-state index is -4.15. The number of rotatable bonds is 6. The van der Waals surface area contributed by atoms with Gasteiger partial charge >= 0.3 is 0 Å². The first-order valence-corrected chi connectivity index (χ1v) is 13.5. The summed E-state index contributed by atoms with van der Waals surface area (Å²) in [7, 11) is -4.15. The third-order valence-corrected chi connectivity index (χ3v) is 8.75. The zero-order valence-electron chi connectivity index (χ0n) is 19.9. The van der Waals surface area contributed by atoms with E-state index in [2.05, 4.69) is 0 Å². The number of nitrogens with one attached hydrogen (secondary N) is 1. The predicted octanol–water partition coefficient (Wildman–Crippen LogP) is 3.52. The molecule has 0 bridgehead atoms. The van der Waals surface area contributed by atoms with Gasteiger partial charge < -0.3 is 16.4 Å². The van der Waals surface area contributed by atoms with E-state index in [1.807, 2.05) is 24.3 Å².